The molecule has 0 N–H and O–H groups in total. The Morgan fingerprint density at radius 3 is 2.46 bits per heavy atom. The zero-order valence-corrected chi connectivity index (χ0v) is 20.6. The number of amides is 1. The predicted molar refractivity (Wildman–Crippen MR) is 141 cm³/mol. The van der Waals surface area contributed by atoms with E-state index in [4.69, 9.17) is 4.98 Å². The Balaban J connectivity index is 1.31. The molecule has 1 aliphatic rings. The molecule has 186 valence electrons. The molecule has 5 aromatic rings. The van der Waals surface area contributed by atoms with E-state index in [1.54, 1.807) is 12.1 Å². The van der Waals surface area contributed by atoms with Crippen LogP contribution in [0.25, 0.3) is 16.6 Å². The van der Waals surface area contributed by atoms with Crippen LogP contribution in [-0.4, -0.2) is 56.1 Å². The second-order valence-electron chi connectivity index (χ2n) is 9.55. The second-order valence-corrected chi connectivity index (χ2v) is 9.55. The minimum absolute atomic E-state index is 0.0147. The van der Waals surface area contributed by atoms with Gasteiger partial charge >= 0.3 is 0 Å². The summed E-state index contributed by atoms with van der Waals surface area (Å²) in [6.07, 6.45) is 0.899. The van der Waals surface area contributed by atoms with Crippen LogP contribution in [0.5, 0.6) is 0 Å². The van der Waals surface area contributed by atoms with Crippen LogP contribution in [0, 0.1) is 5.82 Å². The van der Waals surface area contributed by atoms with Gasteiger partial charge < -0.3 is 9.80 Å². The third kappa shape index (κ3) is 4.50. The van der Waals surface area contributed by atoms with E-state index in [1.807, 2.05) is 47.4 Å². The number of nitrogens with zero attached hydrogens (tertiary/aromatic N) is 6. The number of para-hydroxylation sites is 1. The van der Waals surface area contributed by atoms with Crippen molar-refractivity contribution in [3.63, 3.8) is 0 Å². The highest BCUT2D eigenvalue weighted by molar-refractivity contribution is 5.92. The molecule has 0 saturated carbocycles. The number of hydrogen-bond acceptors (Lipinski definition) is 5. The van der Waals surface area contributed by atoms with Crippen LogP contribution in [-0.2, 0) is 17.6 Å². The first-order valence-electron chi connectivity index (χ1n) is 12.5. The van der Waals surface area contributed by atoms with Gasteiger partial charge in [-0.25, -0.2) is 13.8 Å². The predicted octanol–water partition coefficient (Wildman–Crippen LogP) is 4.29. The number of aromatic nitrogens is 4. The Labute approximate surface area is 214 Å². The summed E-state index contributed by atoms with van der Waals surface area (Å²) < 4.78 is 15.3. The van der Waals surface area contributed by atoms with Gasteiger partial charge in [0, 0.05) is 37.5 Å². The first-order chi connectivity index (χ1) is 18.1. The lowest BCUT2D eigenvalue weighted by molar-refractivity contribution is -0.132. The van der Waals surface area contributed by atoms with Crippen LogP contribution in [0.2, 0.25) is 0 Å². The molecule has 1 atom stereocenters. The van der Waals surface area contributed by atoms with Crippen molar-refractivity contribution in [2.75, 3.05) is 24.5 Å². The molecule has 0 aliphatic carbocycles. The van der Waals surface area contributed by atoms with Gasteiger partial charge in [0.25, 0.3) is 0 Å². The van der Waals surface area contributed by atoms with Crippen molar-refractivity contribution >= 4 is 28.4 Å². The number of fused-ring (bicyclic) bond motifs is 3. The standard InChI is InChI=1S/C29H27FN6O/c1-20-19-34(15-16-35(20)27(37)18-22-11-13-23(30)14-12-22)29-31-25-10-6-5-9-24(25)28-33-32-26(36(28)29)17-21-7-3-2-4-8-21/h2-14,20H,15-19H2,1H3/t20-/m1/s1. The van der Waals surface area contributed by atoms with Crippen molar-refractivity contribution in [1.29, 1.82) is 0 Å². The fourth-order valence-corrected chi connectivity index (χ4v) is 5.11. The Hall–Kier alpha value is -4.33. The number of rotatable bonds is 5. The summed E-state index contributed by atoms with van der Waals surface area (Å²) in [5.41, 5.74) is 3.62. The van der Waals surface area contributed by atoms with Gasteiger partial charge in [0.2, 0.25) is 11.9 Å². The van der Waals surface area contributed by atoms with E-state index in [-0.39, 0.29) is 24.2 Å². The first-order valence-corrected chi connectivity index (χ1v) is 12.5. The van der Waals surface area contributed by atoms with E-state index >= 15 is 0 Å². The normalized spacial score (nSPS) is 16.0. The molecule has 3 aromatic carbocycles. The molecule has 37 heavy (non-hydrogen) atoms. The van der Waals surface area contributed by atoms with Gasteiger partial charge in [-0.1, -0.05) is 54.6 Å². The van der Waals surface area contributed by atoms with Crippen LogP contribution in [0.3, 0.4) is 0 Å². The number of carbonyl (C=O) groups is 1. The monoisotopic (exact) mass is 494 g/mol. The maximum absolute atomic E-state index is 13.3. The van der Waals surface area contributed by atoms with E-state index in [0.717, 1.165) is 39.4 Å². The molecule has 0 radical (unpaired) electrons. The molecule has 6 rings (SSSR count). The largest absolute Gasteiger partial charge is 0.338 e. The van der Waals surface area contributed by atoms with Crippen molar-refractivity contribution < 1.29 is 9.18 Å². The highest BCUT2D eigenvalue weighted by Gasteiger charge is 2.30. The number of benzene rings is 3. The molecule has 0 bridgehead atoms. The summed E-state index contributed by atoms with van der Waals surface area (Å²) in [6.45, 7) is 3.92. The average molecular weight is 495 g/mol. The average Bonchev–Trinajstić information content (AvgIpc) is 3.34. The lowest BCUT2D eigenvalue weighted by Crippen LogP contribution is -2.55. The lowest BCUT2D eigenvalue weighted by atomic mass is 10.1. The quantitative estimate of drug-likeness (QED) is 0.365. The van der Waals surface area contributed by atoms with E-state index in [2.05, 4.69) is 38.6 Å². The molecule has 1 aliphatic heterocycles. The molecular weight excluding hydrogens is 467 g/mol. The Kier molecular flexibility index (Phi) is 6.00. The molecule has 1 fully saturated rings. The first kappa shape index (κ1) is 23.1. The topological polar surface area (TPSA) is 66.6 Å². The Morgan fingerprint density at radius 1 is 0.919 bits per heavy atom. The van der Waals surface area contributed by atoms with Crippen molar-refractivity contribution in [2.45, 2.75) is 25.8 Å². The van der Waals surface area contributed by atoms with E-state index in [9.17, 15) is 9.18 Å². The molecule has 0 spiro atoms. The molecule has 8 heteroatoms. The second kappa shape index (κ2) is 9.61. The van der Waals surface area contributed by atoms with Gasteiger partial charge in [-0.15, -0.1) is 10.2 Å². The fraction of sp³-hybridized carbons (Fsp3) is 0.241. The summed E-state index contributed by atoms with van der Waals surface area (Å²) in [4.78, 5) is 22.3. The number of halogens is 1. The van der Waals surface area contributed by atoms with E-state index < -0.39 is 0 Å². The van der Waals surface area contributed by atoms with Gasteiger partial charge in [-0.2, -0.15) is 0 Å². The van der Waals surface area contributed by atoms with Crippen LogP contribution in [0.15, 0.2) is 78.9 Å². The summed E-state index contributed by atoms with van der Waals surface area (Å²) in [6, 6.07) is 24.3. The van der Waals surface area contributed by atoms with Gasteiger partial charge in [0.1, 0.15) is 11.6 Å². The van der Waals surface area contributed by atoms with Gasteiger partial charge in [0.15, 0.2) is 5.65 Å². The number of carbonyl (C=O) groups excluding carboxylic acids is 1. The number of hydrogen-bond donors (Lipinski definition) is 0. The molecule has 1 saturated heterocycles. The number of piperazine rings is 1. The SMILES string of the molecule is C[C@@H]1CN(c2nc3ccccc3c3nnc(Cc4ccccc4)n23)CCN1C(=O)Cc1ccc(F)cc1. The van der Waals surface area contributed by atoms with Crippen LogP contribution in [0.4, 0.5) is 10.3 Å². The van der Waals surface area contributed by atoms with Crippen LogP contribution in [0.1, 0.15) is 23.9 Å². The highest BCUT2D eigenvalue weighted by atomic mass is 19.1. The summed E-state index contributed by atoms with van der Waals surface area (Å²) in [5.74, 6) is 1.37. The zero-order valence-electron chi connectivity index (χ0n) is 20.6. The number of anilines is 1. The van der Waals surface area contributed by atoms with Crippen molar-refractivity contribution in [3.05, 3.63) is 102 Å². The minimum atomic E-state index is -0.298. The summed E-state index contributed by atoms with van der Waals surface area (Å²) in [7, 11) is 0. The van der Waals surface area contributed by atoms with Gasteiger partial charge in [-0.3, -0.25) is 4.79 Å². The van der Waals surface area contributed by atoms with Crippen molar-refractivity contribution in [2.24, 2.45) is 0 Å². The molecule has 2 aromatic heterocycles. The van der Waals surface area contributed by atoms with Crippen LogP contribution >= 0.6 is 0 Å². The molecular formula is C29H27FN6O. The third-order valence-corrected chi connectivity index (χ3v) is 7.00. The van der Waals surface area contributed by atoms with Crippen molar-refractivity contribution in [3.8, 4) is 0 Å². The Morgan fingerprint density at radius 2 is 1.68 bits per heavy atom. The molecule has 3 heterocycles. The fourth-order valence-electron chi connectivity index (χ4n) is 5.11. The summed E-state index contributed by atoms with van der Waals surface area (Å²) >= 11 is 0. The molecule has 7 nitrogen and oxygen atoms in total. The van der Waals surface area contributed by atoms with Crippen molar-refractivity contribution in [1.82, 2.24) is 24.5 Å². The smallest absolute Gasteiger partial charge is 0.227 e. The minimum Gasteiger partial charge on any atom is -0.338 e. The van der Waals surface area contributed by atoms with Crippen LogP contribution < -0.4 is 4.90 Å². The zero-order chi connectivity index (χ0) is 25.4. The molecule has 1 amide bonds. The highest BCUT2D eigenvalue weighted by Crippen LogP contribution is 2.27. The van der Waals surface area contributed by atoms with Gasteiger partial charge in [-0.05, 0) is 42.3 Å². The van der Waals surface area contributed by atoms with E-state index in [1.165, 1.54) is 12.1 Å². The van der Waals surface area contributed by atoms with E-state index in [0.29, 0.717) is 26.1 Å². The third-order valence-electron chi connectivity index (χ3n) is 7.00. The molecule has 0 unspecified atom stereocenters. The maximum Gasteiger partial charge on any atom is 0.227 e. The lowest BCUT2D eigenvalue weighted by Gasteiger charge is -2.40. The summed E-state index contributed by atoms with van der Waals surface area (Å²) in [5, 5.41) is 10.1. The Bertz CT molecular complexity index is 1570. The maximum atomic E-state index is 13.3. The van der Waals surface area contributed by atoms with Gasteiger partial charge in [0.05, 0.1) is 11.9 Å².